The molecule has 17 heavy (non-hydrogen) atoms. The molecule has 0 aliphatic carbocycles. The van der Waals surface area contributed by atoms with Crippen LogP contribution in [0.5, 0.6) is 0 Å². The highest BCUT2D eigenvalue weighted by Gasteiger charge is 2.09. The molecule has 0 aromatic rings. The van der Waals surface area contributed by atoms with Crippen LogP contribution in [0.4, 0.5) is 0 Å². The maximum atomic E-state index is 9.42. The first-order valence-corrected chi connectivity index (χ1v) is 7.65. The fourth-order valence-electron chi connectivity index (χ4n) is 2.19. The summed E-state index contributed by atoms with van der Waals surface area (Å²) in [6, 6.07) is 0. The number of rotatable bonds is 10. The van der Waals surface area contributed by atoms with Crippen LogP contribution in [-0.2, 0) is 0 Å². The fourth-order valence-corrected chi connectivity index (χ4v) is 2.19. The zero-order valence-corrected chi connectivity index (χ0v) is 12.7. The smallest absolute Gasteiger partial charge is 0.0537 e. The third-order valence-corrected chi connectivity index (χ3v) is 4.27. The second-order valence-corrected chi connectivity index (χ2v) is 6.20. The van der Waals surface area contributed by atoms with Gasteiger partial charge in [0.2, 0.25) is 0 Å². The van der Waals surface area contributed by atoms with Crippen LogP contribution in [0.25, 0.3) is 0 Å². The predicted molar refractivity (Wildman–Crippen MR) is 77.2 cm³/mol. The molecule has 0 unspecified atom stereocenters. The zero-order chi connectivity index (χ0) is 13.3. The van der Waals surface area contributed by atoms with Crippen molar-refractivity contribution in [3.05, 3.63) is 0 Å². The maximum absolute atomic E-state index is 9.42. The Morgan fingerprint density at radius 1 is 0.765 bits per heavy atom. The molecular formula is C16H34O. The number of aliphatic hydroxyl groups excluding tert-OH is 1. The van der Waals surface area contributed by atoms with Gasteiger partial charge in [-0.3, -0.25) is 0 Å². The second-order valence-electron chi connectivity index (χ2n) is 6.20. The topological polar surface area (TPSA) is 20.2 Å². The first kappa shape index (κ1) is 17.0. The molecule has 0 heterocycles. The van der Waals surface area contributed by atoms with E-state index in [2.05, 4.69) is 27.7 Å². The summed E-state index contributed by atoms with van der Waals surface area (Å²) in [7, 11) is 0. The van der Waals surface area contributed by atoms with Crippen molar-refractivity contribution in [1.29, 1.82) is 0 Å². The minimum absolute atomic E-state index is 0.143. The van der Waals surface area contributed by atoms with Crippen LogP contribution in [0, 0.1) is 17.8 Å². The number of hydrogen-bond donors (Lipinski definition) is 1. The van der Waals surface area contributed by atoms with Crippen molar-refractivity contribution in [2.24, 2.45) is 17.8 Å². The third-order valence-electron chi connectivity index (χ3n) is 4.27. The van der Waals surface area contributed by atoms with Gasteiger partial charge in [0.25, 0.3) is 0 Å². The van der Waals surface area contributed by atoms with Gasteiger partial charge in [0, 0.05) is 0 Å². The van der Waals surface area contributed by atoms with E-state index in [0.29, 0.717) is 5.92 Å². The van der Waals surface area contributed by atoms with Gasteiger partial charge in [-0.05, 0) is 31.1 Å². The van der Waals surface area contributed by atoms with Gasteiger partial charge in [0.05, 0.1) is 6.10 Å². The van der Waals surface area contributed by atoms with Crippen molar-refractivity contribution in [1.82, 2.24) is 0 Å². The van der Waals surface area contributed by atoms with Crippen LogP contribution in [0.3, 0.4) is 0 Å². The normalized spacial score (nSPS) is 18.7. The van der Waals surface area contributed by atoms with E-state index in [0.717, 1.165) is 11.8 Å². The molecule has 0 spiro atoms. The highest BCUT2D eigenvalue weighted by molar-refractivity contribution is 4.62. The summed E-state index contributed by atoms with van der Waals surface area (Å²) in [6.07, 6.45) is 9.12. The average molecular weight is 242 g/mol. The van der Waals surface area contributed by atoms with E-state index in [1.165, 1.54) is 44.9 Å². The summed E-state index contributed by atoms with van der Waals surface area (Å²) < 4.78 is 0. The highest BCUT2D eigenvalue weighted by atomic mass is 16.3. The van der Waals surface area contributed by atoms with Crippen molar-refractivity contribution >= 4 is 0 Å². The van der Waals surface area contributed by atoms with Crippen LogP contribution in [0.2, 0.25) is 0 Å². The van der Waals surface area contributed by atoms with Gasteiger partial charge in [-0.1, -0.05) is 66.2 Å². The molecule has 0 fully saturated rings. The van der Waals surface area contributed by atoms with Gasteiger partial charge < -0.3 is 5.11 Å². The van der Waals surface area contributed by atoms with Gasteiger partial charge in [-0.15, -0.1) is 0 Å². The van der Waals surface area contributed by atoms with Gasteiger partial charge in [-0.2, -0.15) is 0 Å². The van der Waals surface area contributed by atoms with Crippen molar-refractivity contribution in [2.75, 3.05) is 0 Å². The molecule has 4 atom stereocenters. The van der Waals surface area contributed by atoms with Crippen molar-refractivity contribution < 1.29 is 5.11 Å². The lowest BCUT2D eigenvalue weighted by molar-refractivity contribution is 0.127. The summed E-state index contributed by atoms with van der Waals surface area (Å²) in [6.45, 7) is 11.1. The van der Waals surface area contributed by atoms with E-state index in [1.807, 2.05) is 6.92 Å². The van der Waals surface area contributed by atoms with Crippen molar-refractivity contribution in [3.8, 4) is 0 Å². The Bertz CT molecular complexity index is 165. The molecule has 104 valence electrons. The average Bonchev–Trinajstić information content (AvgIpc) is 2.28. The molecular weight excluding hydrogens is 208 g/mol. The Kier molecular flexibility index (Phi) is 9.91. The van der Waals surface area contributed by atoms with Gasteiger partial charge in [0.1, 0.15) is 0 Å². The lowest BCUT2D eigenvalue weighted by Crippen LogP contribution is -2.13. The summed E-state index contributed by atoms with van der Waals surface area (Å²) in [5.74, 6) is 2.22. The van der Waals surface area contributed by atoms with E-state index in [4.69, 9.17) is 0 Å². The second kappa shape index (κ2) is 9.94. The zero-order valence-electron chi connectivity index (χ0n) is 12.7. The quantitative estimate of drug-likeness (QED) is 0.570. The Labute approximate surface area is 109 Å². The van der Waals surface area contributed by atoms with E-state index in [1.54, 1.807) is 0 Å². The van der Waals surface area contributed by atoms with Gasteiger partial charge in [0.15, 0.2) is 0 Å². The van der Waals surface area contributed by atoms with Crippen LogP contribution < -0.4 is 0 Å². The Morgan fingerprint density at radius 3 is 1.71 bits per heavy atom. The number of hydrogen-bond acceptors (Lipinski definition) is 1. The van der Waals surface area contributed by atoms with Crippen LogP contribution in [-0.4, -0.2) is 11.2 Å². The molecule has 0 radical (unpaired) electrons. The molecule has 1 nitrogen and oxygen atoms in total. The van der Waals surface area contributed by atoms with E-state index in [9.17, 15) is 5.11 Å². The minimum Gasteiger partial charge on any atom is -0.393 e. The summed E-state index contributed by atoms with van der Waals surface area (Å²) in [5, 5.41) is 9.42. The highest BCUT2D eigenvalue weighted by Crippen LogP contribution is 2.20. The molecule has 0 aliphatic rings. The van der Waals surface area contributed by atoms with Crippen molar-refractivity contribution in [2.45, 2.75) is 85.7 Å². The lowest BCUT2D eigenvalue weighted by Gasteiger charge is -2.16. The molecule has 1 N–H and O–H groups in total. The van der Waals surface area contributed by atoms with E-state index < -0.39 is 0 Å². The largest absolute Gasteiger partial charge is 0.393 e. The number of aliphatic hydroxyl groups is 1. The van der Waals surface area contributed by atoms with Crippen molar-refractivity contribution in [3.63, 3.8) is 0 Å². The molecule has 0 aromatic heterocycles. The first-order chi connectivity index (χ1) is 7.97. The minimum atomic E-state index is -0.143. The lowest BCUT2D eigenvalue weighted by atomic mass is 9.91. The Balaban J connectivity index is 3.43. The van der Waals surface area contributed by atoms with E-state index >= 15 is 0 Å². The summed E-state index contributed by atoms with van der Waals surface area (Å²) in [5.41, 5.74) is 0. The van der Waals surface area contributed by atoms with Crippen LogP contribution >= 0.6 is 0 Å². The Morgan fingerprint density at radius 2 is 1.24 bits per heavy atom. The molecule has 0 bridgehead atoms. The first-order valence-electron chi connectivity index (χ1n) is 7.65. The molecule has 0 aromatic carbocycles. The summed E-state index contributed by atoms with van der Waals surface area (Å²) >= 11 is 0. The molecule has 1 heteroatoms. The SMILES string of the molecule is CC[C@H](C)CCC[C@H](C)CCC[C@H](C)[C@H](C)O. The molecule has 0 amide bonds. The van der Waals surface area contributed by atoms with Gasteiger partial charge >= 0.3 is 0 Å². The molecule has 0 aliphatic heterocycles. The summed E-state index contributed by atoms with van der Waals surface area (Å²) in [4.78, 5) is 0. The Hall–Kier alpha value is -0.0400. The third kappa shape index (κ3) is 9.64. The molecule has 0 saturated carbocycles. The van der Waals surface area contributed by atoms with Crippen LogP contribution in [0.15, 0.2) is 0 Å². The van der Waals surface area contributed by atoms with E-state index in [-0.39, 0.29) is 6.10 Å². The predicted octanol–water partition coefficient (Wildman–Crippen LogP) is 5.03. The van der Waals surface area contributed by atoms with Crippen LogP contribution in [0.1, 0.15) is 79.6 Å². The fraction of sp³-hybridized carbons (Fsp3) is 1.00. The monoisotopic (exact) mass is 242 g/mol. The standard InChI is InChI=1S/C16H34O/c1-6-13(2)9-7-10-14(3)11-8-12-15(4)16(5)17/h13-17H,6-12H2,1-5H3/t13-,14-,15-,16-/m0/s1. The van der Waals surface area contributed by atoms with Gasteiger partial charge in [-0.25, -0.2) is 0 Å². The molecule has 0 rings (SSSR count). The molecule has 0 saturated heterocycles. The maximum Gasteiger partial charge on any atom is 0.0537 e.